The third-order valence-electron chi connectivity index (χ3n) is 3.42. The predicted octanol–water partition coefficient (Wildman–Crippen LogP) is 1.84. The highest BCUT2D eigenvalue weighted by atomic mass is 16.6. The molecule has 0 aromatic heterocycles. The molecule has 82 valence electrons. The van der Waals surface area contributed by atoms with Crippen LogP contribution in [0.5, 0.6) is 0 Å². The number of nitrogens with zero attached hydrogens (tertiary/aromatic N) is 1. The van der Waals surface area contributed by atoms with Crippen molar-refractivity contribution in [2.45, 2.75) is 45.1 Å². The normalized spacial score (nSPS) is 29.9. The van der Waals surface area contributed by atoms with E-state index in [2.05, 4.69) is 0 Å². The summed E-state index contributed by atoms with van der Waals surface area (Å²) in [5, 5.41) is 20.0. The van der Waals surface area contributed by atoms with Crippen molar-refractivity contribution in [2.75, 3.05) is 6.61 Å². The van der Waals surface area contributed by atoms with Gasteiger partial charge in [-0.2, -0.15) is 0 Å². The molecule has 0 amide bonds. The quantitative estimate of drug-likeness (QED) is 0.557. The lowest BCUT2D eigenvalue weighted by molar-refractivity contribution is -0.538. The minimum absolute atomic E-state index is 0.0888. The fraction of sp³-hybridized carbons (Fsp3) is 1.00. The van der Waals surface area contributed by atoms with E-state index in [1.165, 1.54) is 0 Å². The molecule has 1 rings (SSSR count). The number of nitro groups is 1. The fourth-order valence-electron chi connectivity index (χ4n) is 2.52. The van der Waals surface area contributed by atoms with Crippen molar-refractivity contribution in [1.29, 1.82) is 0 Å². The Balaban J connectivity index is 2.65. The van der Waals surface area contributed by atoms with Gasteiger partial charge in [0.25, 0.3) is 0 Å². The zero-order valence-corrected chi connectivity index (χ0v) is 8.69. The summed E-state index contributed by atoms with van der Waals surface area (Å²) in [5.41, 5.74) is 0. The third kappa shape index (κ3) is 2.44. The van der Waals surface area contributed by atoms with Gasteiger partial charge in [-0.05, 0) is 18.8 Å². The lowest BCUT2D eigenvalue weighted by atomic mass is 9.76. The van der Waals surface area contributed by atoms with Crippen LogP contribution < -0.4 is 0 Å². The molecule has 1 fully saturated rings. The van der Waals surface area contributed by atoms with Gasteiger partial charge in [0.05, 0.1) is 0 Å². The smallest absolute Gasteiger partial charge is 0.216 e. The summed E-state index contributed by atoms with van der Waals surface area (Å²) in [5.74, 6) is 0.208. The minimum atomic E-state index is -0.416. The minimum Gasteiger partial charge on any atom is -0.396 e. The topological polar surface area (TPSA) is 63.4 Å². The Morgan fingerprint density at radius 3 is 2.64 bits per heavy atom. The Bertz CT molecular complexity index is 192. The molecule has 0 radical (unpaired) electrons. The van der Waals surface area contributed by atoms with Crippen LogP contribution >= 0.6 is 0 Å². The van der Waals surface area contributed by atoms with E-state index >= 15 is 0 Å². The highest BCUT2D eigenvalue weighted by molar-refractivity contribution is 4.80. The van der Waals surface area contributed by atoms with Crippen molar-refractivity contribution in [1.82, 2.24) is 0 Å². The van der Waals surface area contributed by atoms with Crippen molar-refractivity contribution >= 4 is 0 Å². The average molecular weight is 201 g/mol. The van der Waals surface area contributed by atoms with Gasteiger partial charge >= 0.3 is 0 Å². The summed E-state index contributed by atoms with van der Waals surface area (Å²) in [6.45, 7) is 2.08. The van der Waals surface area contributed by atoms with E-state index in [1.807, 2.05) is 6.92 Å². The van der Waals surface area contributed by atoms with E-state index in [9.17, 15) is 10.1 Å². The van der Waals surface area contributed by atoms with Gasteiger partial charge in [-0.3, -0.25) is 10.1 Å². The molecule has 0 aliphatic heterocycles. The van der Waals surface area contributed by atoms with Crippen molar-refractivity contribution in [3.8, 4) is 0 Å². The highest BCUT2D eigenvalue weighted by Crippen LogP contribution is 2.33. The van der Waals surface area contributed by atoms with E-state index in [-0.39, 0.29) is 23.4 Å². The summed E-state index contributed by atoms with van der Waals surface area (Å²) in [6, 6.07) is -0.416. The number of rotatable bonds is 4. The van der Waals surface area contributed by atoms with Crippen LogP contribution in [0.15, 0.2) is 0 Å². The van der Waals surface area contributed by atoms with Gasteiger partial charge in [0.15, 0.2) is 0 Å². The summed E-state index contributed by atoms with van der Waals surface area (Å²) >= 11 is 0. The van der Waals surface area contributed by atoms with Gasteiger partial charge in [-0.15, -0.1) is 0 Å². The second-order valence-corrected chi connectivity index (χ2v) is 4.15. The van der Waals surface area contributed by atoms with E-state index in [4.69, 9.17) is 5.11 Å². The van der Waals surface area contributed by atoms with Crippen LogP contribution in [0.3, 0.4) is 0 Å². The molecule has 0 heterocycles. The number of aliphatic hydroxyl groups excluding tert-OH is 1. The Hall–Kier alpha value is -0.640. The van der Waals surface area contributed by atoms with Crippen LogP contribution in [0.4, 0.5) is 0 Å². The SMILES string of the molecule is CCC(CO)[C@@H]1CCCC[C@H]1[N+](=O)[O-]. The van der Waals surface area contributed by atoms with E-state index in [0.717, 1.165) is 25.7 Å². The summed E-state index contributed by atoms with van der Waals surface area (Å²) in [6.07, 6.45) is 4.47. The molecule has 1 unspecified atom stereocenters. The largest absolute Gasteiger partial charge is 0.396 e. The molecular formula is C10H19NO3. The monoisotopic (exact) mass is 201 g/mol. The molecule has 3 atom stereocenters. The number of hydrogen-bond acceptors (Lipinski definition) is 3. The molecule has 1 saturated carbocycles. The second-order valence-electron chi connectivity index (χ2n) is 4.15. The van der Waals surface area contributed by atoms with Crippen molar-refractivity contribution in [3.05, 3.63) is 10.1 Å². The first-order valence-corrected chi connectivity index (χ1v) is 5.45. The molecule has 0 aromatic carbocycles. The zero-order valence-electron chi connectivity index (χ0n) is 8.69. The van der Waals surface area contributed by atoms with Gasteiger partial charge in [-0.25, -0.2) is 0 Å². The zero-order chi connectivity index (χ0) is 10.6. The van der Waals surface area contributed by atoms with E-state index < -0.39 is 6.04 Å². The van der Waals surface area contributed by atoms with Gasteiger partial charge in [0, 0.05) is 23.9 Å². The molecule has 4 heteroatoms. The van der Waals surface area contributed by atoms with Gasteiger partial charge < -0.3 is 5.11 Å². The molecule has 0 bridgehead atoms. The van der Waals surface area contributed by atoms with Crippen molar-refractivity contribution < 1.29 is 10.0 Å². The van der Waals surface area contributed by atoms with Crippen LogP contribution in [0, 0.1) is 22.0 Å². The van der Waals surface area contributed by atoms with Crippen LogP contribution in [-0.4, -0.2) is 22.7 Å². The van der Waals surface area contributed by atoms with Crippen LogP contribution in [0.2, 0.25) is 0 Å². The predicted molar refractivity (Wildman–Crippen MR) is 53.6 cm³/mol. The first kappa shape index (κ1) is 11.4. The first-order valence-electron chi connectivity index (χ1n) is 5.45. The summed E-state index contributed by atoms with van der Waals surface area (Å²) in [7, 11) is 0. The molecule has 1 aliphatic rings. The Morgan fingerprint density at radius 1 is 1.50 bits per heavy atom. The average Bonchev–Trinajstić information content (AvgIpc) is 2.20. The summed E-state index contributed by atoms with van der Waals surface area (Å²) < 4.78 is 0. The standard InChI is InChI=1S/C10H19NO3/c1-2-8(7-12)9-5-3-4-6-10(9)11(13)14/h8-10,12H,2-7H2,1H3/t8?,9-,10+/m0/s1. The van der Waals surface area contributed by atoms with Crippen molar-refractivity contribution in [2.24, 2.45) is 11.8 Å². The molecular weight excluding hydrogens is 182 g/mol. The van der Waals surface area contributed by atoms with Crippen molar-refractivity contribution in [3.63, 3.8) is 0 Å². The lowest BCUT2D eigenvalue weighted by Gasteiger charge is -2.30. The van der Waals surface area contributed by atoms with Crippen LogP contribution in [-0.2, 0) is 0 Å². The molecule has 0 aromatic rings. The number of hydrogen-bond donors (Lipinski definition) is 1. The maximum absolute atomic E-state index is 10.8. The Kier molecular flexibility index (Phi) is 4.32. The number of aliphatic hydroxyl groups is 1. The lowest BCUT2D eigenvalue weighted by Crippen LogP contribution is -2.37. The van der Waals surface area contributed by atoms with E-state index in [1.54, 1.807) is 0 Å². The Morgan fingerprint density at radius 2 is 2.14 bits per heavy atom. The molecule has 1 aliphatic carbocycles. The van der Waals surface area contributed by atoms with E-state index in [0.29, 0.717) is 6.42 Å². The molecule has 0 spiro atoms. The summed E-state index contributed by atoms with van der Waals surface area (Å²) in [4.78, 5) is 10.7. The molecule has 4 nitrogen and oxygen atoms in total. The van der Waals surface area contributed by atoms with Crippen LogP contribution in [0.25, 0.3) is 0 Å². The van der Waals surface area contributed by atoms with Gasteiger partial charge in [-0.1, -0.05) is 19.8 Å². The molecule has 14 heavy (non-hydrogen) atoms. The molecule has 0 saturated heterocycles. The fourth-order valence-corrected chi connectivity index (χ4v) is 2.52. The maximum Gasteiger partial charge on any atom is 0.216 e. The van der Waals surface area contributed by atoms with Gasteiger partial charge in [0.1, 0.15) is 0 Å². The molecule has 1 N–H and O–H groups in total. The Labute approximate surface area is 84.5 Å². The second kappa shape index (κ2) is 5.29. The van der Waals surface area contributed by atoms with Crippen LogP contribution in [0.1, 0.15) is 39.0 Å². The first-order chi connectivity index (χ1) is 6.70. The maximum atomic E-state index is 10.8. The van der Waals surface area contributed by atoms with Gasteiger partial charge in [0.2, 0.25) is 6.04 Å². The third-order valence-corrected chi connectivity index (χ3v) is 3.42. The highest BCUT2D eigenvalue weighted by Gasteiger charge is 2.37.